The minimum absolute atomic E-state index is 0.000486. The van der Waals surface area contributed by atoms with Gasteiger partial charge < -0.3 is 9.47 Å². The van der Waals surface area contributed by atoms with Crippen LogP contribution in [-0.2, 0) is 14.3 Å². The Balaban J connectivity index is 1.39. The molecular formula is C17H23NO3. The molecule has 0 saturated carbocycles. The lowest BCUT2D eigenvalue weighted by Gasteiger charge is -2.28. The molecule has 4 heteroatoms. The largest absolute Gasteiger partial charge is 0.353 e. The Kier molecular flexibility index (Phi) is 3.95. The van der Waals surface area contributed by atoms with E-state index in [1.54, 1.807) is 0 Å². The maximum Gasteiger partial charge on any atom is 0.158 e. The minimum Gasteiger partial charge on any atom is -0.353 e. The molecule has 3 saturated heterocycles. The molecule has 3 fully saturated rings. The van der Waals surface area contributed by atoms with Crippen molar-refractivity contribution in [1.82, 2.24) is 5.06 Å². The van der Waals surface area contributed by atoms with Gasteiger partial charge in [0.15, 0.2) is 6.29 Å². The van der Waals surface area contributed by atoms with Crippen molar-refractivity contribution in [2.75, 3.05) is 13.2 Å². The van der Waals surface area contributed by atoms with Crippen molar-refractivity contribution in [1.29, 1.82) is 0 Å². The molecule has 0 N–H and O–H groups in total. The second-order valence-electron chi connectivity index (χ2n) is 6.21. The lowest BCUT2D eigenvalue weighted by atomic mass is 10.0. The van der Waals surface area contributed by atoms with Gasteiger partial charge in [0.25, 0.3) is 0 Å². The summed E-state index contributed by atoms with van der Waals surface area (Å²) in [5.74, 6) is 0. The Hall–Kier alpha value is -0.940. The molecule has 0 radical (unpaired) electrons. The molecular weight excluding hydrogens is 266 g/mol. The van der Waals surface area contributed by atoms with Crippen molar-refractivity contribution in [3.8, 4) is 0 Å². The zero-order valence-electron chi connectivity index (χ0n) is 12.3. The average molecular weight is 289 g/mol. The maximum absolute atomic E-state index is 6.21. The molecule has 4 atom stereocenters. The fourth-order valence-electron chi connectivity index (χ4n) is 3.66. The van der Waals surface area contributed by atoms with E-state index in [1.807, 2.05) is 6.07 Å². The number of ether oxygens (including phenoxy) is 2. The number of hydrogen-bond donors (Lipinski definition) is 0. The summed E-state index contributed by atoms with van der Waals surface area (Å²) in [6, 6.07) is 10.9. The van der Waals surface area contributed by atoms with Crippen molar-refractivity contribution < 1.29 is 14.3 Å². The summed E-state index contributed by atoms with van der Waals surface area (Å²) < 4.78 is 11.9. The van der Waals surface area contributed by atoms with E-state index in [0.29, 0.717) is 6.04 Å². The molecule has 3 heterocycles. The highest BCUT2D eigenvalue weighted by Crippen LogP contribution is 2.40. The summed E-state index contributed by atoms with van der Waals surface area (Å²) in [5.41, 5.74) is 1.26. The van der Waals surface area contributed by atoms with Crippen molar-refractivity contribution in [2.24, 2.45) is 0 Å². The summed E-state index contributed by atoms with van der Waals surface area (Å²) >= 11 is 0. The van der Waals surface area contributed by atoms with Gasteiger partial charge in [0.1, 0.15) is 6.10 Å². The van der Waals surface area contributed by atoms with E-state index in [9.17, 15) is 0 Å². The van der Waals surface area contributed by atoms with Crippen molar-refractivity contribution in [3.05, 3.63) is 35.9 Å². The Bertz CT molecular complexity index is 460. The topological polar surface area (TPSA) is 30.9 Å². The first-order valence-electron chi connectivity index (χ1n) is 8.15. The van der Waals surface area contributed by atoms with E-state index in [1.165, 1.54) is 18.4 Å². The van der Waals surface area contributed by atoms with Gasteiger partial charge in [0, 0.05) is 19.6 Å². The second-order valence-corrected chi connectivity index (χ2v) is 6.21. The monoisotopic (exact) mass is 289 g/mol. The van der Waals surface area contributed by atoms with Crippen LogP contribution in [-0.4, -0.2) is 36.7 Å². The molecule has 1 aromatic rings. The zero-order valence-corrected chi connectivity index (χ0v) is 12.3. The number of hydrogen-bond acceptors (Lipinski definition) is 4. The predicted molar refractivity (Wildman–Crippen MR) is 78.5 cm³/mol. The van der Waals surface area contributed by atoms with Crippen LogP contribution in [0.2, 0.25) is 0 Å². The van der Waals surface area contributed by atoms with Gasteiger partial charge in [-0.15, -0.1) is 0 Å². The average Bonchev–Trinajstić information content (AvgIpc) is 3.11. The SMILES string of the molecule is c1ccc([C@H]2C[C@@H]3[C@@H](OC4CCCCO4)CCN3O2)cc1. The van der Waals surface area contributed by atoms with Crippen molar-refractivity contribution >= 4 is 0 Å². The Labute approximate surface area is 125 Å². The summed E-state index contributed by atoms with van der Waals surface area (Å²) in [7, 11) is 0. The molecule has 3 aliphatic heterocycles. The van der Waals surface area contributed by atoms with Crippen LogP contribution in [0.5, 0.6) is 0 Å². The van der Waals surface area contributed by atoms with E-state index < -0.39 is 0 Å². The van der Waals surface area contributed by atoms with E-state index in [4.69, 9.17) is 14.3 Å². The fraction of sp³-hybridized carbons (Fsp3) is 0.647. The molecule has 0 bridgehead atoms. The molecule has 21 heavy (non-hydrogen) atoms. The van der Waals surface area contributed by atoms with Crippen LogP contribution in [0.1, 0.15) is 43.8 Å². The summed E-state index contributed by atoms with van der Waals surface area (Å²) in [4.78, 5) is 6.10. The van der Waals surface area contributed by atoms with E-state index in [2.05, 4.69) is 29.3 Å². The van der Waals surface area contributed by atoms with Crippen molar-refractivity contribution in [3.63, 3.8) is 0 Å². The maximum atomic E-state index is 6.21. The number of nitrogens with zero attached hydrogens (tertiary/aromatic N) is 1. The predicted octanol–water partition coefficient (Wildman–Crippen LogP) is 3.05. The smallest absolute Gasteiger partial charge is 0.158 e. The first kappa shape index (κ1) is 13.7. The number of hydroxylamine groups is 2. The van der Waals surface area contributed by atoms with Gasteiger partial charge >= 0.3 is 0 Å². The minimum atomic E-state index is -0.000486. The molecule has 1 unspecified atom stereocenters. The highest BCUT2D eigenvalue weighted by atomic mass is 16.7. The van der Waals surface area contributed by atoms with Crippen LogP contribution in [0.15, 0.2) is 30.3 Å². The van der Waals surface area contributed by atoms with Crippen LogP contribution in [0.3, 0.4) is 0 Å². The third-order valence-corrected chi connectivity index (χ3v) is 4.79. The van der Waals surface area contributed by atoms with Crippen LogP contribution >= 0.6 is 0 Å². The number of fused-ring (bicyclic) bond motifs is 1. The molecule has 0 amide bonds. The van der Waals surface area contributed by atoms with E-state index in [0.717, 1.165) is 32.4 Å². The van der Waals surface area contributed by atoms with Crippen molar-refractivity contribution in [2.45, 2.75) is 56.6 Å². The Morgan fingerprint density at radius 3 is 2.81 bits per heavy atom. The standard InChI is InChI=1S/C17H23NO3/c1-2-6-13(7-3-1)16-12-14-15(9-10-18(14)21-16)20-17-8-4-5-11-19-17/h1-3,6-7,14-17H,4-5,8-12H2/t14-,15+,16-,17?/m1/s1. The molecule has 114 valence electrons. The summed E-state index contributed by atoms with van der Waals surface area (Å²) in [6.45, 7) is 1.81. The van der Waals surface area contributed by atoms with Crippen LogP contribution < -0.4 is 0 Å². The highest BCUT2D eigenvalue weighted by Gasteiger charge is 2.45. The first-order chi connectivity index (χ1) is 10.4. The summed E-state index contributed by atoms with van der Waals surface area (Å²) in [6.07, 6.45) is 5.91. The fourth-order valence-corrected chi connectivity index (χ4v) is 3.66. The molecule has 0 aromatic heterocycles. The molecule has 3 aliphatic rings. The lowest BCUT2D eigenvalue weighted by molar-refractivity contribution is -0.200. The van der Waals surface area contributed by atoms with Gasteiger partial charge in [-0.05, 0) is 31.2 Å². The quantitative estimate of drug-likeness (QED) is 0.856. The Morgan fingerprint density at radius 1 is 1.10 bits per heavy atom. The lowest BCUT2D eigenvalue weighted by Crippen LogP contribution is -2.35. The molecule has 4 rings (SSSR count). The van der Waals surface area contributed by atoms with Gasteiger partial charge in [0.05, 0.1) is 12.1 Å². The normalized spacial score (nSPS) is 36.8. The third kappa shape index (κ3) is 2.86. The van der Waals surface area contributed by atoms with Crippen LogP contribution in [0.25, 0.3) is 0 Å². The number of benzene rings is 1. The van der Waals surface area contributed by atoms with Crippen LogP contribution in [0, 0.1) is 0 Å². The first-order valence-corrected chi connectivity index (χ1v) is 8.15. The van der Waals surface area contributed by atoms with E-state index >= 15 is 0 Å². The molecule has 4 nitrogen and oxygen atoms in total. The van der Waals surface area contributed by atoms with E-state index in [-0.39, 0.29) is 18.5 Å². The van der Waals surface area contributed by atoms with Gasteiger partial charge in [-0.1, -0.05) is 30.3 Å². The van der Waals surface area contributed by atoms with Gasteiger partial charge in [-0.3, -0.25) is 4.84 Å². The summed E-state index contributed by atoms with van der Waals surface area (Å²) in [5, 5.41) is 2.13. The number of rotatable bonds is 3. The van der Waals surface area contributed by atoms with Gasteiger partial charge in [0.2, 0.25) is 0 Å². The molecule has 1 aromatic carbocycles. The second kappa shape index (κ2) is 6.05. The molecule has 0 spiro atoms. The van der Waals surface area contributed by atoms with Gasteiger partial charge in [-0.25, -0.2) is 0 Å². The van der Waals surface area contributed by atoms with Crippen LogP contribution in [0.4, 0.5) is 0 Å². The zero-order chi connectivity index (χ0) is 14.1. The van der Waals surface area contributed by atoms with Gasteiger partial charge in [-0.2, -0.15) is 5.06 Å². The molecule has 0 aliphatic carbocycles. The third-order valence-electron chi connectivity index (χ3n) is 4.79. The Morgan fingerprint density at radius 2 is 2.00 bits per heavy atom. The highest BCUT2D eigenvalue weighted by molar-refractivity contribution is 5.19.